The van der Waals surface area contributed by atoms with Crippen molar-refractivity contribution in [3.8, 4) is 0 Å². The Kier molecular flexibility index (Phi) is 7.06. The highest BCUT2D eigenvalue weighted by Gasteiger charge is 2.30. The SMILES string of the molecule is CCCCCC(CC1CC(OCC)C1)NC. The summed E-state index contributed by atoms with van der Waals surface area (Å²) in [6.45, 7) is 5.24. The van der Waals surface area contributed by atoms with Crippen LogP contribution in [0.15, 0.2) is 0 Å². The van der Waals surface area contributed by atoms with Crippen molar-refractivity contribution < 1.29 is 4.74 Å². The topological polar surface area (TPSA) is 21.3 Å². The largest absolute Gasteiger partial charge is 0.378 e. The van der Waals surface area contributed by atoms with Gasteiger partial charge in [-0.15, -0.1) is 0 Å². The summed E-state index contributed by atoms with van der Waals surface area (Å²) in [6, 6.07) is 0.735. The first kappa shape index (κ1) is 14.0. The van der Waals surface area contributed by atoms with Gasteiger partial charge in [0.05, 0.1) is 6.10 Å². The molecule has 0 radical (unpaired) electrons. The van der Waals surface area contributed by atoms with E-state index in [9.17, 15) is 0 Å². The van der Waals surface area contributed by atoms with Crippen LogP contribution in [0.2, 0.25) is 0 Å². The molecule has 0 bridgehead atoms. The lowest BCUT2D eigenvalue weighted by molar-refractivity contribution is -0.0291. The predicted molar refractivity (Wildman–Crippen MR) is 69.7 cm³/mol. The summed E-state index contributed by atoms with van der Waals surface area (Å²) < 4.78 is 5.60. The van der Waals surface area contributed by atoms with Gasteiger partial charge in [0, 0.05) is 12.6 Å². The molecule has 1 aliphatic carbocycles. The van der Waals surface area contributed by atoms with Crippen molar-refractivity contribution in [2.75, 3.05) is 13.7 Å². The molecule has 1 atom stereocenters. The van der Waals surface area contributed by atoms with Gasteiger partial charge in [0.2, 0.25) is 0 Å². The van der Waals surface area contributed by atoms with Crippen molar-refractivity contribution in [1.29, 1.82) is 0 Å². The maximum atomic E-state index is 5.60. The van der Waals surface area contributed by atoms with Gasteiger partial charge < -0.3 is 10.1 Å². The minimum atomic E-state index is 0.572. The molecule has 1 saturated carbocycles. The van der Waals surface area contributed by atoms with Gasteiger partial charge in [-0.1, -0.05) is 26.2 Å². The Morgan fingerprint density at radius 1 is 1.25 bits per heavy atom. The molecule has 0 aliphatic heterocycles. The van der Waals surface area contributed by atoms with Crippen molar-refractivity contribution in [1.82, 2.24) is 5.32 Å². The van der Waals surface area contributed by atoms with E-state index < -0.39 is 0 Å². The highest BCUT2D eigenvalue weighted by Crippen LogP contribution is 2.34. The molecule has 0 saturated heterocycles. The molecule has 0 heterocycles. The lowest BCUT2D eigenvalue weighted by Gasteiger charge is -2.37. The van der Waals surface area contributed by atoms with E-state index >= 15 is 0 Å². The van der Waals surface area contributed by atoms with Crippen LogP contribution in [-0.4, -0.2) is 25.8 Å². The fourth-order valence-electron chi connectivity index (χ4n) is 2.66. The summed E-state index contributed by atoms with van der Waals surface area (Å²) >= 11 is 0. The minimum absolute atomic E-state index is 0.572. The molecular weight excluding hydrogens is 198 g/mol. The minimum Gasteiger partial charge on any atom is -0.378 e. The average Bonchev–Trinajstić information content (AvgIpc) is 2.24. The summed E-state index contributed by atoms with van der Waals surface area (Å²) in [5.41, 5.74) is 0. The monoisotopic (exact) mass is 227 g/mol. The standard InChI is InChI=1S/C14H29NO/c1-4-6-7-8-13(15-3)9-12-10-14(11-12)16-5-2/h12-15H,4-11H2,1-3H3. The number of hydrogen-bond acceptors (Lipinski definition) is 2. The second-order valence-corrected chi connectivity index (χ2v) is 5.13. The van der Waals surface area contributed by atoms with Crippen LogP contribution >= 0.6 is 0 Å². The zero-order valence-corrected chi connectivity index (χ0v) is 11.3. The summed E-state index contributed by atoms with van der Waals surface area (Å²) in [5.74, 6) is 0.913. The van der Waals surface area contributed by atoms with Gasteiger partial charge in [0.1, 0.15) is 0 Å². The van der Waals surface area contributed by atoms with E-state index in [0.29, 0.717) is 6.10 Å². The maximum absolute atomic E-state index is 5.60. The van der Waals surface area contributed by atoms with Crippen LogP contribution in [0.4, 0.5) is 0 Å². The highest BCUT2D eigenvalue weighted by atomic mass is 16.5. The summed E-state index contributed by atoms with van der Waals surface area (Å²) in [4.78, 5) is 0. The third kappa shape index (κ3) is 4.84. The number of rotatable bonds is 9. The molecule has 1 rings (SSSR count). The van der Waals surface area contributed by atoms with Gasteiger partial charge in [-0.25, -0.2) is 0 Å². The van der Waals surface area contributed by atoms with Crippen molar-refractivity contribution in [2.24, 2.45) is 5.92 Å². The molecule has 0 aromatic carbocycles. The first-order valence-electron chi connectivity index (χ1n) is 7.09. The van der Waals surface area contributed by atoms with Gasteiger partial charge in [-0.05, 0) is 45.6 Å². The lowest BCUT2D eigenvalue weighted by atomic mass is 9.77. The van der Waals surface area contributed by atoms with Crippen molar-refractivity contribution in [3.05, 3.63) is 0 Å². The molecule has 0 amide bonds. The van der Waals surface area contributed by atoms with Crippen molar-refractivity contribution in [2.45, 2.75) is 70.9 Å². The molecule has 16 heavy (non-hydrogen) atoms. The van der Waals surface area contributed by atoms with E-state index in [1.807, 2.05) is 0 Å². The Hall–Kier alpha value is -0.0800. The number of ether oxygens (including phenoxy) is 1. The average molecular weight is 227 g/mol. The first-order valence-corrected chi connectivity index (χ1v) is 7.09. The number of unbranched alkanes of at least 4 members (excludes halogenated alkanes) is 2. The molecule has 0 aromatic heterocycles. The second-order valence-electron chi connectivity index (χ2n) is 5.13. The van der Waals surface area contributed by atoms with Gasteiger partial charge >= 0.3 is 0 Å². The van der Waals surface area contributed by atoms with Crippen LogP contribution in [0.25, 0.3) is 0 Å². The van der Waals surface area contributed by atoms with E-state index in [2.05, 4.69) is 26.2 Å². The van der Waals surface area contributed by atoms with Crippen LogP contribution in [0.3, 0.4) is 0 Å². The second kappa shape index (κ2) is 8.08. The smallest absolute Gasteiger partial charge is 0.0580 e. The summed E-state index contributed by atoms with van der Waals surface area (Å²) in [6.07, 6.45) is 9.94. The van der Waals surface area contributed by atoms with Crippen LogP contribution in [-0.2, 0) is 4.74 Å². The number of hydrogen-bond donors (Lipinski definition) is 1. The predicted octanol–water partition coefficient (Wildman–Crippen LogP) is 3.36. The fourth-order valence-corrected chi connectivity index (χ4v) is 2.66. The molecular formula is C14H29NO. The highest BCUT2D eigenvalue weighted by molar-refractivity contribution is 4.83. The van der Waals surface area contributed by atoms with E-state index in [1.54, 1.807) is 0 Å². The Labute approximate surface area is 101 Å². The molecule has 96 valence electrons. The third-order valence-corrected chi connectivity index (χ3v) is 3.78. The van der Waals surface area contributed by atoms with E-state index in [0.717, 1.165) is 18.6 Å². The van der Waals surface area contributed by atoms with Crippen molar-refractivity contribution in [3.63, 3.8) is 0 Å². The van der Waals surface area contributed by atoms with E-state index in [1.165, 1.54) is 44.9 Å². The maximum Gasteiger partial charge on any atom is 0.0580 e. The molecule has 0 spiro atoms. The van der Waals surface area contributed by atoms with Gasteiger partial charge in [0.25, 0.3) is 0 Å². The van der Waals surface area contributed by atoms with Crippen LogP contribution < -0.4 is 5.32 Å². The van der Waals surface area contributed by atoms with Gasteiger partial charge in [0.15, 0.2) is 0 Å². The summed E-state index contributed by atoms with van der Waals surface area (Å²) in [5, 5.41) is 3.47. The van der Waals surface area contributed by atoms with E-state index in [-0.39, 0.29) is 0 Å². The van der Waals surface area contributed by atoms with E-state index in [4.69, 9.17) is 4.74 Å². The molecule has 1 fully saturated rings. The first-order chi connectivity index (χ1) is 7.80. The zero-order valence-electron chi connectivity index (χ0n) is 11.3. The van der Waals surface area contributed by atoms with Gasteiger partial charge in [-0.2, -0.15) is 0 Å². The lowest BCUT2D eigenvalue weighted by Crippen LogP contribution is -2.37. The Morgan fingerprint density at radius 2 is 2.00 bits per heavy atom. The Bertz CT molecular complexity index is 166. The molecule has 0 aromatic rings. The van der Waals surface area contributed by atoms with Gasteiger partial charge in [-0.3, -0.25) is 0 Å². The fraction of sp³-hybridized carbons (Fsp3) is 1.00. The number of nitrogens with one attached hydrogen (secondary N) is 1. The normalized spacial score (nSPS) is 26.4. The van der Waals surface area contributed by atoms with Crippen molar-refractivity contribution >= 4 is 0 Å². The Balaban J connectivity index is 2.06. The van der Waals surface area contributed by atoms with Crippen LogP contribution in [0.5, 0.6) is 0 Å². The summed E-state index contributed by atoms with van der Waals surface area (Å²) in [7, 11) is 2.11. The molecule has 1 N–H and O–H groups in total. The Morgan fingerprint density at radius 3 is 2.56 bits per heavy atom. The van der Waals surface area contributed by atoms with Crippen LogP contribution in [0.1, 0.15) is 58.8 Å². The molecule has 1 aliphatic rings. The molecule has 1 unspecified atom stereocenters. The van der Waals surface area contributed by atoms with Crippen LogP contribution in [0, 0.1) is 5.92 Å². The zero-order chi connectivity index (χ0) is 11.8. The quantitative estimate of drug-likeness (QED) is 0.610. The third-order valence-electron chi connectivity index (χ3n) is 3.78. The molecule has 2 heteroatoms. The molecule has 2 nitrogen and oxygen atoms in total.